The number of carbonyl (C=O) groups is 1. The summed E-state index contributed by atoms with van der Waals surface area (Å²) < 4.78 is 11.8. The molecule has 0 atom stereocenters. The third kappa shape index (κ3) is 6.84. The van der Waals surface area contributed by atoms with Gasteiger partial charge in [0.25, 0.3) is 5.91 Å². The van der Waals surface area contributed by atoms with E-state index in [1.807, 2.05) is 65.6 Å². The molecule has 2 heterocycles. The molecular weight excluding hydrogens is 464 g/mol. The van der Waals surface area contributed by atoms with Crippen LogP contribution in [0.2, 0.25) is 0 Å². The maximum Gasteiger partial charge on any atom is 0.275 e. The van der Waals surface area contributed by atoms with Crippen molar-refractivity contribution in [1.29, 1.82) is 0 Å². The SMILES string of the molecule is CN1CCN(C(=O)c2coc(CN(Cc3ccccc3)Cc3cccc(Oc4ccccc4)c3)n2)CC1. The summed E-state index contributed by atoms with van der Waals surface area (Å²) in [6.07, 6.45) is 1.49. The molecule has 0 saturated carbocycles. The highest BCUT2D eigenvalue weighted by Crippen LogP contribution is 2.23. The zero-order valence-corrected chi connectivity index (χ0v) is 21.1. The van der Waals surface area contributed by atoms with E-state index in [1.54, 1.807) is 0 Å². The molecule has 190 valence electrons. The first-order valence-electron chi connectivity index (χ1n) is 12.6. The molecule has 1 aromatic heterocycles. The highest BCUT2D eigenvalue weighted by Gasteiger charge is 2.23. The number of benzene rings is 3. The second kappa shape index (κ2) is 11.9. The van der Waals surface area contributed by atoms with Gasteiger partial charge in [-0.25, -0.2) is 4.98 Å². The second-order valence-electron chi connectivity index (χ2n) is 9.42. The number of piperazine rings is 1. The molecule has 0 N–H and O–H groups in total. The minimum atomic E-state index is -0.0662. The Morgan fingerprint density at radius 2 is 1.49 bits per heavy atom. The summed E-state index contributed by atoms with van der Waals surface area (Å²) in [5.41, 5.74) is 2.68. The number of hydrogen-bond acceptors (Lipinski definition) is 6. The number of ether oxygens (including phenoxy) is 1. The minimum absolute atomic E-state index is 0.0662. The first kappa shape index (κ1) is 24.7. The van der Waals surface area contributed by atoms with Crippen molar-refractivity contribution in [3.05, 3.63) is 114 Å². The van der Waals surface area contributed by atoms with Gasteiger partial charge in [0.05, 0.1) is 6.54 Å². The van der Waals surface area contributed by atoms with E-state index in [4.69, 9.17) is 9.15 Å². The van der Waals surface area contributed by atoms with Crippen molar-refractivity contribution in [2.24, 2.45) is 0 Å². The lowest BCUT2D eigenvalue weighted by Crippen LogP contribution is -2.47. The van der Waals surface area contributed by atoms with Crippen molar-refractivity contribution < 1.29 is 13.9 Å². The van der Waals surface area contributed by atoms with Gasteiger partial charge in [0.2, 0.25) is 5.89 Å². The summed E-state index contributed by atoms with van der Waals surface area (Å²) >= 11 is 0. The van der Waals surface area contributed by atoms with Gasteiger partial charge in [0, 0.05) is 39.3 Å². The van der Waals surface area contributed by atoms with Crippen LogP contribution in [0.25, 0.3) is 0 Å². The largest absolute Gasteiger partial charge is 0.457 e. The fourth-order valence-corrected chi connectivity index (χ4v) is 4.44. The van der Waals surface area contributed by atoms with Gasteiger partial charge in [-0.15, -0.1) is 0 Å². The molecular formula is C30H32N4O3. The summed E-state index contributed by atoms with van der Waals surface area (Å²) in [4.78, 5) is 23.8. The molecule has 1 aliphatic rings. The van der Waals surface area contributed by atoms with Crippen molar-refractivity contribution in [3.8, 4) is 11.5 Å². The zero-order valence-electron chi connectivity index (χ0n) is 21.1. The number of oxazole rings is 1. The molecule has 7 nitrogen and oxygen atoms in total. The lowest BCUT2D eigenvalue weighted by atomic mass is 10.1. The number of rotatable bonds is 9. The van der Waals surface area contributed by atoms with Crippen LogP contribution in [0.15, 0.2) is 95.6 Å². The normalized spacial score (nSPS) is 14.2. The molecule has 1 amide bonds. The molecule has 0 aliphatic carbocycles. The van der Waals surface area contributed by atoms with E-state index in [1.165, 1.54) is 11.8 Å². The van der Waals surface area contributed by atoms with Crippen LogP contribution in [0.4, 0.5) is 0 Å². The average molecular weight is 497 g/mol. The van der Waals surface area contributed by atoms with Crippen molar-refractivity contribution in [3.63, 3.8) is 0 Å². The molecule has 0 bridgehead atoms. The predicted molar refractivity (Wildman–Crippen MR) is 142 cm³/mol. The summed E-state index contributed by atoms with van der Waals surface area (Å²) in [6.45, 7) is 5.02. The Morgan fingerprint density at radius 3 is 2.24 bits per heavy atom. The average Bonchev–Trinajstić information content (AvgIpc) is 3.38. The van der Waals surface area contributed by atoms with Crippen LogP contribution >= 0.6 is 0 Å². The minimum Gasteiger partial charge on any atom is -0.457 e. The summed E-state index contributed by atoms with van der Waals surface area (Å²) in [5.74, 6) is 2.06. The molecule has 0 spiro atoms. The van der Waals surface area contributed by atoms with E-state index >= 15 is 0 Å². The molecule has 37 heavy (non-hydrogen) atoms. The third-order valence-corrected chi connectivity index (χ3v) is 6.45. The van der Waals surface area contributed by atoms with Crippen molar-refractivity contribution >= 4 is 5.91 Å². The van der Waals surface area contributed by atoms with Crippen LogP contribution in [0, 0.1) is 0 Å². The molecule has 1 fully saturated rings. The third-order valence-electron chi connectivity index (χ3n) is 6.45. The fraction of sp³-hybridized carbons (Fsp3) is 0.267. The van der Waals surface area contributed by atoms with Crippen LogP contribution in [-0.2, 0) is 19.6 Å². The Labute approximate surface area is 217 Å². The number of likely N-dealkylation sites (N-methyl/N-ethyl adjacent to an activating group) is 1. The molecule has 0 radical (unpaired) electrons. The first-order chi connectivity index (χ1) is 18.1. The molecule has 5 rings (SSSR count). The Morgan fingerprint density at radius 1 is 0.838 bits per heavy atom. The van der Waals surface area contributed by atoms with E-state index in [9.17, 15) is 4.79 Å². The van der Waals surface area contributed by atoms with Gasteiger partial charge in [0.1, 0.15) is 17.8 Å². The van der Waals surface area contributed by atoms with Crippen molar-refractivity contribution in [2.45, 2.75) is 19.6 Å². The highest BCUT2D eigenvalue weighted by atomic mass is 16.5. The number of amides is 1. The predicted octanol–water partition coefficient (Wildman–Crippen LogP) is 5.06. The maximum atomic E-state index is 12.9. The monoisotopic (exact) mass is 496 g/mol. The lowest BCUT2D eigenvalue weighted by molar-refractivity contribution is 0.0658. The molecule has 7 heteroatoms. The number of nitrogens with zero attached hydrogens (tertiary/aromatic N) is 4. The van der Waals surface area contributed by atoms with Crippen LogP contribution in [-0.4, -0.2) is 58.8 Å². The molecule has 3 aromatic carbocycles. The van der Waals surface area contributed by atoms with Gasteiger partial charge in [-0.1, -0.05) is 60.7 Å². The van der Waals surface area contributed by atoms with Gasteiger partial charge in [-0.05, 0) is 42.4 Å². The molecule has 1 saturated heterocycles. The first-order valence-corrected chi connectivity index (χ1v) is 12.6. The van der Waals surface area contributed by atoms with Crippen LogP contribution in [0.5, 0.6) is 11.5 Å². The molecule has 4 aromatic rings. The van der Waals surface area contributed by atoms with Crippen molar-refractivity contribution in [1.82, 2.24) is 19.7 Å². The Kier molecular flexibility index (Phi) is 7.93. The molecule has 1 aliphatic heterocycles. The Balaban J connectivity index is 1.30. The van der Waals surface area contributed by atoms with Crippen LogP contribution in [0.1, 0.15) is 27.5 Å². The topological polar surface area (TPSA) is 62.0 Å². The highest BCUT2D eigenvalue weighted by molar-refractivity contribution is 5.92. The maximum absolute atomic E-state index is 12.9. The van der Waals surface area contributed by atoms with Gasteiger partial charge >= 0.3 is 0 Å². The van der Waals surface area contributed by atoms with Gasteiger partial charge in [-0.3, -0.25) is 9.69 Å². The molecule has 0 unspecified atom stereocenters. The fourth-order valence-electron chi connectivity index (χ4n) is 4.44. The van der Waals surface area contributed by atoms with Gasteiger partial charge in [0.15, 0.2) is 5.69 Å². The summed E-state index contributed by atoms with van der Waals surface area (Å²) in [5, 5.41) is 0. The van der Waals surface area contributed by atoms with Gasteiger partial charge in [-0.2, -0.15) is 0 Å². The lowest BCUT2D eigenvalue weighted by Gasteiger charge is -2.31. The smallest absolute Gasteiger partial charge is 0.275 e. The second-order valence-corrected chi connectivity index (χ2v) is 9.42. The zero-order chi connectivity index (χ0) is 25.5. The van der Waals surface area contributed by atoms with E-state index in [0.29, 0.717) is 44.3 Å². The van der Waals surface area contributed by atoms with E-state index in [0.717, 1.165) is 30.2 Å². The standard InChI is InChI=1S/C30H32N4O3/c1-32-15-17-34(18-16-32)30(35)28-23-36-29(31-28)22-33(20-24-9-4-2-5-10-24)21-25-11-8-14-27(19-25)37-26-12-6-3-7-13-26/h2-14,19,23H,15-18,20-22H2,1H3. The van der Waals surface area contributed by atoms with E-state index < -0.39 is 0 Å². The summed E-state index contributed by atoms with van der Waals surface area (Å²) in [6, 6.07) is 28.2. The number of aromatic nitrogens is 1. The number of carbonyl (C=O) groups excluding carboxylic acids is 1. The van der Waals surface area contributed by atoms with E-state index in [2.05, 4.69) is 46.1 Å². The van der Waals surface area contributed by atoms with Crippen LogP contribution in [0.3, 0.4) is 0 Å². The quantitative estimate of drug-likeness (QED) is 0.323. The summed E-state index contributed by atoms with van der Waals surface area (Å²) in [7, 11) is 2.07. The van der Waals surface area contributed by atoms with Crippen molar-refractivity contribution in [2.75, 3.05) is 33.2 Å². The Hall–Kier alpha value is -3.94. The van der Waals surface area contributed by atoms with E-state index in [-0.39, 0.29) is 5.91 Å². The number of hydrogen-bond donors (Lipinski definition) is 0. The van der Waals surface area contributed by atoms with Crippen LogP contribution < -0.4 is 4.74 Å². The Bertz CT molecular complexity index is 1280. The number of para-hydroxylation sites is 1. The van der Waals surface area contributed by atoms with Gasteiger partial charge < -0.3 is 19.0 Å².